The highest BCUT2D eigenvalue weighted by Gasteiger charge is 2.15. The van der Waals surface area contributed by atoms with Crippen LogP contribution in [0.2, 0.25) is 0 Å². The van der Waals surface area contributed by atoms with Crippen molar-refractivity contribution in [2.24, 2.45) is 0 Å². The van der Waals surface area contributed by atoms with Gasteiger partial charge in [0.15, 0.2) is 0 Å². The number of amides is 1. The van der Waals surface area contributed by atoms with Crippen molar-refractivity contribution >= 4 is 5.91 Å². The van der Waals surface area contributed by atoms with E-state index in [1.165, 1.54) is 18.1 Å². The van der Waals surface area contributed by atoms with Gasteiger partial charge in [-0.1, -0.05) is 45.0 Å². The molecule has 1 aromatic rings. The van der Waals surface area contributed by atoms with Gasteiger partial charge in [0, 0.05) is 13.6 Å². The van der Waals surface area contributed by atoms with Gasteiger partial charge >= 0.3 is 0 Å². The minimum Gasteiger partial charge on any atom is -0.384 e. The molecule has 106 valence electrons. The summed E-state index contributed by atoms with van der Waals surface area (Å²) in [6, 6.07) is 8.51. The zero-order chi connectivity index (χ0) is 14.6. The molecular weight excluding hydrogens is 238 g/mol. The van der Waals surface area contributed by atoms with Gasteiger partial charge in [-0.3, -0.25) is 4.79 Å². The Hall–Kier alpha value is -1.35. The molecule has 1 unspecified atom stereocenters. The van der Waals surface area contributed by atoms with Crippen molar-refractivity contribution in [2.75, 3.05) is 13.6 Å². The number of benzene rings is 1. The van der Waals surface area contributed by atoms with Crippen molar-refractivity contribution in [2.45, 2.75) is 45.6 Å². The summed E-state index contributed by atoms with van der Waals surface area (Å²) >= 11 is 0. The third kappa shape index (κ3) is 4.67. The largest absolute Gasteiger partial charge is 0.384 e. The number of carbonyl (C=O) groups excluding carboxylic acids is 1. The van der Waals surface area contributed by atoms with Crippen molar-refractivity contribution in [3.63, 3.8) is 0 Å². The zero-order valence-electron chi connectivity index (χ0n) is 12.6. The van der Waals surface area contributed by atoms with Crippen LogP contribution in [0.25, 0.3) is 0 Å². The van der Waals surface area contributed by atoms with Crippen LogP contribution in [-0.4, -0.2) is 35.6 Å². The Bertz CT molecular complexity index is 415. The first-order valence-corrected chi connectivity index (χ1v) is 6.74. The van der Waals surface area contributed by atoms with Crippen LogP contribution in [0.1, 0.15) is 38.8 Å². The van der Waals surface area contributed by atoms with Crippen molar-refractivity contribution in [1.82, 2.24) is 4.90 Å². The first kappa shape index (κ1) is 15.7. The normalized spacial score (nSPS) is 13.2. The van der Waals surface area contributed by atoms with Crippen molar-refractivity contribution in [3.05, 3.63) is 35.4 Å². The fourth-order valence-corrected chi connectivity index (χ4v) is 1.90. The topological polar surface area (TPSA) is 40.5 Å². The standard InChI is InChI=1S/C16H25NO2/c1-12(18)15(19)17(5)11-10-13-6-8-14(9-7-13)16(2,3)4/h6-9,12,18H,10-11H2,1-5H3. The fourth-order valence-electron chi connectivity index (χ4n) is 1.90. The second kappa shape index (κ2) is 6.20. The van der Waals surface area contributed by atoms with Gasteiger partial charge < -0.3 is 10.0 Å². The molecule has 0 spiro atoms. The van der Waals surface area contributed by atoms with Crippen LogP contribution < -0.4 is 0 Å². The molecule has 1 amide bonds. The Balaban J connectivity index is 2.58. The minimum atomic E-state index is -0.923. The predicted octanol–water partition coefficient (Wildman–Crippen LogP) is 2.37. The van der Waals surface area contributed by atoms with Gasteiger partial charge in [-0.05, 0) is 29.9 Å². The molecule has 0 saturated carbocycles. The van der Waals surface area contributed by atoms with Crippen LogP contribution >= 0.6 is 0 Å². The first-order valence-electron chi connectivity index (χ1n) is 6.74. The smallest absolute Gasteiger partial charge is 0.250 e. The maximum absolute atomic E-state index is 11.5. The van der Waals surface area contributed by atoms with Crippen molar-refractivity contribution < 1.29 is 9.90 Å². The number of hydrogen-bond donors (Lipinski definition) is 1. The van der Waals surface area contributed by atoms with E-state index < -0.39 is 6.10 Å². The van der Waals surface area contributed by atoms with Crippen LogP contribution in [0.15, 0.2) is 24.3 Å². The van der Waals surface area contributed by atoms with Crippen LogP contribution in [0.4, 0.5) is 0 Å². The molecule has 1 N–H and O–H groups in total. The Morgan fingerprint density at radius 2 is 1.79 bits per heavy atom. The molecule has 0 aliphatic heterocycles. The van der Waals surface area contributed by atoms with E-state index >= 15 is 0 Å². The average Bonchev–Trinajstić information content (AvgIpc) is 2.34. The molecule has 3 nitrogen and oxygen atoms in total. The number of aliphatic hydroxyl groups is 1. The Kier molecular flexibility index (Phi) is 5.12. The average molecular weight is 263 g/mol. The minimum absolute atomic E-state index is 0.164. The van der Waals surface area contributed by atoms with Gasteiger partial charge in [0.1, 0.15) is 6.10 Å². The van der Waals surface area contributed by atoms with Gasteiger partial charge in [-0.15, -0.1) is 0 Å². The molecule has 1 atom stereocenters. The number of carbonyl (C=O) groups is 1. The van der Waals surface area contributed by atoms with Gasteiger partial charge in [-0.2, -0.15) is 0 Å². The van der Waals surface area contributed by atoms with Crippen LogP contribution in [-0.2, 0) is 16.6 Å². The molecule has 0 saturated heterocycles. The summed E-state index contributed by atoms with van der Waals surface area (Å²) in [7, 11) is 1.72. The number of hydrogen-bond acceptors (Lipinski definition) is 2. The summed E-state index contributed by atoms with van der Waals surface area (Å²) in [6.07, 6.45) is -0.118. The molecule has 1 aromatic carbocycles. The lowest BCUT2D eigenvalue weighted by Gasteiger charge is -2.20. The summed E-state index contributed by atoms with van der Waals surface area (Å²) in [5.41, 5.74) is 2.68. The quantitative estimate of drug-likeness (QED) is 0.906. The van der Waals surface area contributed by atoms with E-state index in [0.29, 0.717) is 6.54 Å². The Labute approximate surface area is 116 Å². The third-order valence-corrected chi connectivity index (χ3v) is 3.29. The van der Waals surface area contributed by atoms with Crippen LogP contribution in [0.3, 0.4) is 0 Å². The van der Waals surface area contributed by atoms with Gasteiger partial charge in [-0.25, -0.2) is 0 Å². The number of aliphatic hydroxyl groups excluding tert-OH is 1. The second-order valence-electron chi connectivity index (χ2n) is 6.13. The lowest BCUT2D eigenvalue weighted by atomic mass is 9.86. The molecule has 19 heavy (non-hydrogen) atoms. The molecule has 0 heterocycles. The van der Waals surface area contributed by atoms with Crippen LogP contribution in [0, 0.1) is 0 Å². The molecule has 3 heteroatoms. The maximum Gasteiger partial charge on any atom is 0.250 e. The van der Waals surface area contributed by atoms with Crippen molar-refractivity contribution in [3.8, 4) is 0 Å². The molecule has 0 fully saturated rings. The summed E-state index contributed by atoms with van der Waals surface area (Å²) in [5.74, 6) is -0.230. The first-order chi connectivity index (χ1) is 8.71. The highest BCUT2D eigenvalue weighted by atomic mass is 16.3. The SMILES string of the molecule is CC(O)C(=O)N(C)CCc1ccc(C(C)(C)C)cc1. The zero-order valence-corrected chi connectivity index (χ0v) is 12.6. The Morgan fingerprint density at radius 3 is 2.21 bits per heavy atom. The van der Waals surface area contributed by atoms with E-state index in [4.69, 9.17) is 0 Å². The lowest BCUT2D eigenvalue weighted by Crippen LogP contribution is -2.35. The van der Waals surface area contributed by atoms with E-state index in [9.17, 15) is 9.90 Å². The molecular formula is C16H25NO2. The van der Waals surface area contributed by atoms with E-state index in [1.807, 2.05) is 0 Å². The molecule has 0 bridgehead atoms. The van der Waals surface area contributed by atoms with E-state index in [-0.39, 0.29) is 11.3 Å². The lowest BCUT2D eigenvalue weighted by molar-refractivity contribution is -0.137. The van der Waals surface area contributed by atoms with Crippen LogP contribution in [0.5, 0.6) is 0 Å². The molecule has 1 rings (SSSR count). The highest BCUT2D eigenvalue weighted by molar-refractivity contribution is 5.79. The third-order valence-electron chi connectivity index (χ3n) is 3.29. The second-order valence-corrected chi connectivity index (χ2v) is 6.13. The molecule has 0 radical (unpaired) electrons. The van der Waals surface area contributed by atoms with Gasteiger partial charge in [0.2, 0.25) is 0 Å². The number of likely N-dealkylation sites (N-methyl/N-ethyl adjacent to an activating group) is 1. The maximum atomic E-state index is 11.5. The van der Waals surface area contributed by atoms with Gasteiger partial charge in [0.25, 0.3) is 5.91 Å². The van der Waals surface area contributed by atoms with E-state index in [2.05, 4.69) is 45.0 Å². The molecule has 0 aromatic heterocycles. The number of nitrogens with zero attached hydrogens (tertiary/aromatic N) is 1. The number of rotatable bonds is 4. The molecule has 0 aliphatic carbocycles. The monoisotopic (exact) mass is 263 g/mol. The van der Waals surface area contributed by atoms with E-state index in [0.717, 1.165) is 6.42 Å². The fraction of sp³-hybridized carbons (Fsp3) is 0.562. The summed E-state index contributed by atoms with van der Waals surface area (Å²) in [4.78, 5) is 13.1. The predicted molar refractivity (Wildman–Crippen MR) is 78.2 cm³/mol. The van der Waals surface area contributed by atoms with Gasteiger partial charge in [0.05, 0.1) is 0 Å². The summed E-state index contributed by atoms with van der Waals surface area (Å²) in [6.45, 7) is 8.70. The molecule has 0 aliphatic rings. The highest BCUT2D eigenvalue weighted by Crippen LogP contribution is 2.22. The van der Waals surface area contributed by atoms with E-state index in [1.54, 1.807) is 11.9 Å². The summed E-state index contributed by atoms with van der Waals surface area (Å²) < 4.78 is 0. The van der Waals surface area contributed by atoms with Crippen molar-refractivity contribution in [1.29, 1.82) is 0 Å². The summed E-state index contributed by atoms with van der Waals surface area (Å²) in [5, 5.41) is 9.22. The Morgan fingerprint density at radius 1 is 1.26 bits per heavy atom.